The van der Waals surface area contributed by atoms with Crippen molar-refractivity contribution in [3.63, 3.8) is 0 Å². The van der Waals surface area contributed by atoms with E-state index in [1.807, 2.05) is 20.0 Å². The van der Waals surface area contributed by atoms with Crippen molar-refractivity contribution in [2.24, 2.45) is 0 Å². The van der Waals surface area contributed by atoms with Gasteiger partial charge in [0, 0.05) is 18.0 Å². The Hall–Kier alpha value is -1.00. The van der Waals surface area contributed by atoms with E-state index < -0.39 is 5.79 Å². The molecule has 0 amide bonds. The van der Waals surface area contributed by atoms with Crippen LogP contribution >= 0.6 is 0 Å². The Morgan fingerprint density at radius 1 is 1.25 bits per heavy atom. The standard InChI is InChI=1S/C12H14N2O2/c1-12(2)15-10-6-3-7(11(10)16-12)9-8(6)4-13-5-14-9/h4-7,10-11H,3H2,1-2H3/t6-,7+,10-,11+/m0/s1. The Morgan fingerprint density at radius 3 is 2.81 bits per heavy atom. The molecule has 1 aliphatic heterocycles. The first-order valence-electron chi connectivity index (χ1n) is 5.81. The van der Waals surface area contributed by atoms with Crippen LogP contribution in [0, 0.1) is 0 Å². The van der Waals surface area contributed by atoms with E-state index >= 15 is 0 Å². The molecule has 2 aliphatic carbocycles. The van der Waals surface area contributed by atoms with Crippen molar-refractivity contribution in [3.05, 3.63) is 23.8 Å². The molecular formula is C12H14N2O2. The summed E-state index contributed by atoms with van der Waals surface area (Å²) >= 11 is 0. The van der Waals surface area contributed by atoms with E-state index in [4.69, 9.17) is 9.47 Å². The van der Waals surface area contributed by atoms with E-state index in [9.17, 15) is 0 Å². The monoisotopic (exact) mass is 218 g/mol. The summed E-state index contributed by atoms with van der Waals surface area (Å²) in [6.45, 7) is 3.97. The predicted molar refractivity (Wildman–Crippen MR) is 56.0 cm³/mol. The summed E-state index contributed by atoms with van der Waals surface area (Å²) in [6, 6.07) is 0. The molecule has 16 heavy (non-hydrogen) atoms. The zero-order valence-electron chi connectivity index (χ0n) is 9.38. The molecule has 2 fully saturated rings. The Balaban J connectivity index is 1.81. The highest BCUT2D eigenvalue weighted by molar-refractivity contribution is 5.39. The van der Waals surface area contributed by atoms with Gasteiger partial charge in [0.25, 0.3) is 0 Å². The first-order chi connectivity index (χ1) is 7.66. The van der Waals surface area contributed by atoms with Gasteiger partial charge in [-0.25, -0.2) is 9.97 Å². The average molecular weight is 218 g/mol. The fourth-order valence-electron chi connectivity index (χ4n) is 3.50. The van der Waals surface area contributed by atoms with Gasteiger partial charge >= 0.3 is 0 Å². The Morgan fingerprint density at radius 2 is 2.00 bits per heavy atom. The van der Waals surface area contributed by atoms with Gasteiger partial charge in [-0.05, 0) is 25.8 Å². The lowest BCUT2D eigenvalue weighted by Gasteiger charge is -2.22. The molecule has 0 unspecified atom stereocenters. The Kier molecular flexibility index (Phi) is 1.49. The maximum atomic E-state index is 5.99. The van der Waals surface area contributed by atoms with Crippen LogP contribution in [0.1, 0.15) is 43.4 Å². The predicted octanol–water partition coefficient (Wildman–Crippen LogP) is 1.58. The minimum absolute atomic E-state index is 0.197. The van der Waals surface area contributed by atoms with Gasteiger partial charge in [0.1, 0.15) is 6.33 Å². The van der Waals surface area contributed by atoms with Gasteiger partial charge in [-0.1, -0.05) is 0 Å². The van der Waals surface area contributed by atoms with Crippen LogP contribution in [0.25, 0.3) is 0 Å². The molecular weight excluding hydrogens is 204 g/mol. The molecule has 0 radical (unpaired) electrons. The SMILES string of the molecule is CC1(C)O[C@@H]2[C@H](O1)[C@@H]1C[C@H]2c2cncnc21. The summed E-state index contributed by atoms with van der Waals surface area (Å²) in [5.74, 6) is 0.407. The second-order valence-electron chi connectivity index (χ2n) is 5.38. The fourth-order valence-corrected chi connectivity index (χ4v) is 3.50. The third kappa shape index (κ3) is 0.967. The molecule has 84 valence electrons. The molecule has 0 spiro atoms. The zero-order valence-corrected chi connectivity index (χ0v) is 9.38. The van der Waals surface area contributed by atoms with Crippen LogP contribution in [0.4, 0.5) is 0 Å². The number of nitrogens with zero attached hydrogens (tertiary/aromatic N) is 2. The highest BCUT2D eigenvalue weighted by Gasteiger charge is 2.59. The van der Waals surface area contributed by atoms with Crippen molar-refractivity contribution in [2.75, 3.05) is 0 Å². The van der Waals surface area contributed by atoms with Gasteiger partial charge in [0.15, 0.2) is 5.79 Å². The highest BCUT2D eigenvalue weighted by Crippen LogP contribution is 2.58. The largest absolute Gasteiger partial charge is 0.344 e. The number of rotatable bonds is 0. The fraction of sp³-hybridized carbons (Fsp3) is 0.667. The van der Waals surface area contributed by atoms with Crippen LogP contribution in [-0.4, -0.2) is 28.0 Å². The molecule has 0 N–H and O–H groups in total. The van der Waals surface area contributed by atoms with Gasteiger partial charge < -0.3 is 9.47 Å². The molecule has 4 atom stereocenters. The van der Waals surface area contributed by atoms with E-state index in [-0.39, 0.29) is 12.2 Å². The smallest absolute Gasteiger partial charge is 0.163 e. The lowest BCUT2D eigenvalue weighted by Crippen LogP contribution is -2.29. The third-order valence-corrected chi connectivity index (χ3v) is 3.99. The Labute approximate surface area is 94.0 Å². The maximum absolute atomic E-state index is 5.99. The number of hydrogen-bond acceptors (Lipinski definition) is 4. The molecule has 0 aromatic carbocycles. The van der Waals surface area contributed by atoms with E-state index in [1.54, 1.807) is 6.33 Å². The number of fused-ring (bicyclic) bond motifs is 8. The van der Waals surface area contributed by atoms with Crippen LogP contribution in [0.5, 0.6) is 0 Å². The average Bonchev–Trinajstić information content (AvgIpc) is 2.84. The summed E-state index contributed by atoms with van der Waals surface area (Å²) in [6.07, 6.45) is 5.09. The molecule has 1 aromatic rings. The van der Waals surface area contributed by atoms with Crippen molar-refractivity contribution >= 4 is 0 Å². The topological polar surface area (TPSA) is 44.2 Å². The highest BCUT2D eigenvalue weighted by atomic mass is 16.8. The second kappa shape index (κ2) is 2.63. The molecule has 1 saturated heterocycles. The normalized spacial score (nSPS) is 42.1. The molecule has 4 heteroatoms. The summed E-state index contributed by atoms with van der Waals surface area (Å²) in [7, 11) is 0. The van der Waals surface area contributed by atoms with Gasteiger partial charge in [0.2, 0.25) is 0 Å². The summed E-state index contributed by atoms with van der Waals surface area (Å²) < 4.78 is 12.0. The van der Waals surface area contributed by atoms with Crippen molar-refractivity contribution in [1.29, 1.82) is 0 Å². The van der Waals surface area contributed by atoms with Crippen molar-refractivity contribution in [1.82, 2.24) is 9.97 Å². The molecule has 4 rings (SSSR count). The van der Waals surface area contributed by atoms with E-state index in [1.165, 1.54) is 11.3 Å². The molecule has 4 nitrogen and oxygen atoms in total. The summed E-state index contributed by atoms with van der Waals surface area (Å²) in [5.41, 5.74) is 2.46. The minimum atomic E-state index is -0.443. The molecule has 2 heterocycles. The second-order valence-corrected chi connectivity index (χ2v) is 5.38. The van der Waals surface area contributed by atoms with Crippen LogP contribution in [0.15, 0.2) is 12.5 Å². The zero-order chi connectivity index (χ0) is 10.9. The first-order valence-corrected chi connectivity index (χ1v) is 5.81. The van der Waals surface area contributed by atoms with Crippen LogP contribution < -0.4 is 0 Å². The lowest BCUT2D eigenvalue weighted by atomic mass is 9.92. The minimum Gasteiger partial charge on any atom is -0.344 e. The molecule has 1 aromatic heterocycles. The molecule has 1 saturated carbocycles. The summed E-state index contributed by atoms with van der Waals surface area (Å²) in [4.78, 5) is 8.52. The lowest BCUT2D eigenvalue weighted by molar-refractivity contribution is -0.153. The van der Waals surface area contributed by atoms with Gasteiger partial charge in [-0.15, -0.1) is 0 Å². The van der Waals surface area contributed by atoms with Crippen LogP contribution in [-0.2, 0) is 9.47 Å². The maximum Gasteiger partial charge on any atom is 0.163 e. The van der Waals surface area contributed by atoms with Gasteiger partial charge in [-0.2, -0.15) is 0 Å². The van der Waals surface area contributed by atoms with Crippen LogP contribution in [0.3, 0.4) is 0 Å². The van der Waals surface area contributed by atoms with E-state index in [0.29, 0.717) is 11.8 Å². The summed E-state index contributed by atoms with van der Waals surface area (Å²) in [5, 5.41) is 0. The van der Waals surface area contributed by atoms with Crippen molar-refractivity contribution in [2.45, 2.75) is 50.1 Å². The van der Waals surface area contributed by atoms with E-state index in [2.05, 4.69) is 9.97 Å². The van der Waals surface area contributed by atoms with Crippen molar-refractivity contribution < 1.29 is 9.47 Å². The number of hydrogen-bond donors (Lipinski definition) is 0. The Bertz CT molecular complexity index is 421. The van der Waals surface area contributed by atoms with Gasteiger partial charge in [0.05, 0.1) is 17.9 Å². The van der Waals surface area contributed by atoms with Crippen molar-refractivity contribution in [3.8, 4) is 0 Å². The van der Waals surface area contributed by atoms with Crippen LogP contribution in [0.2, 0.25) is 0 Å². The van der Waals surface area contributed by atoms with Gasteiger partial charge in [-0.3, -0.25) is 0 Å². The number of aromatic nitrogens is 2. The molecule has 3 aliphatic rings. The number of ether oxygens (including phenoxy) is 2. The first kappa shape index (κ1) is 9.07. The van der Waals surface area contributed by atoms with E-state index in [0.717, 1.165) is 6.42 Å². The quantitative estimate of drug-likeness (QED) is 0.663. The third-order valence-electron chi connectivity index (χ3n) is 3.99. The molecule has 2 bridgehead atoms.